The van der Waals surface area contributed by atoms with Gasteiger partial charge in [-0.25, -0.2) is 4.79 Å². The molecule has 29 heavy (non-hydrogen) atoms. The molecule has 8 heteroatoms. The summed E-state index contributed by atoms with van der Waals surface area (Å²) in [6.07, 6.45) is 3.97. The molecule has 0 bridgehead atoms. The summed E-state index contributed by atoms with van der Waals surface area (Å²) in [5.41, 5.74) is 14.1. The summed E-state index contributed by atoms with van der Waals surface area (Å²) in [5.74, 6) is 0.202. The monoisotopic (exact) mass is 421 g/mol. The minimum absolute atomic E-state index is 0.202. The Kier molecular flexibility index (Phi) is 7.24. The molecule has 0 saturated carbocycles. The van der Waals surface area contributed by atoms with E-state index in [9.17, 15) is 9.59 Å². The summed E-state index contributed by atoms with van der Waals surface area (Å²) in [6.45, 7) is 6.74. The summed E-state index contributed by atoms with van der Waals surface area (Å²) < 4.78 is 0. The van der Waals surface area contributed by atoms with Gasteiger partial charge in [0, 0.05) is 51.7 Å². The van der Waals surface area contributed by atoms with Crippen molar-refractivity contribution in [1.82, 2.24) is 14.7 Å². The second-order valence-electron chi connectivity index (χ2n) is 7.98. The lowest BCUT2D eigenvalue weighted by Crippen LogP contribution is -2.55. The third-order valence-electron chi connectivity index (χ3n) is 6.24. The maximum atomic E-state index is 12.7. The van der Waals surface area contributed by atoms with Gasteiger partial charge in [-0.05, 0) is 42.9 Å². The number of piperazine rings is 1. The number of nitrogens with two attached hydrogens (primary N) is 2. The van der Waals surface area contributed by atoms with Crippen LogP contribution in [-0.2, 0) is 17.6 Å². The molecule has 0 aromatic heterocycles. The van der Waals surface area contributed by atoms with Crippen molar-refractivity contribution < 1.29 is 9.59 Å². The first-order valence-electron chi connectivity index (χ1n) is 10.5. The number of amides is 3. The second kappa shape index (κ2) is 9.67. The van der Waals surface area contributed by atoms with Crippen LogP contribution < -0.4 is 11.5 Å². The van der Waals surface area contributed by atoms with Crippen molar-refractivity contribution in [2.75, 3.05) is 45.0 Å². The van der Waals surface area contributed by atoms with Gasteiger partial charge in [0.25, 0.3) is 0 Å². The number of rotatable bonds is 5. The highest BCUT2D eigenvalue weighted by molar-refractivity contribution is 6.33. The SMILES string of the molecule is CCc1cc(CCC(=O)N2CCC(N3CCN(C(N)=O)CC3)CC2)cc(Cl)c1N. The lowest BCUT2D eigenvalue weighted by atomic mass is 10.0. The van der Waals surface area contributed by atoms with Crippen LogP contribution in [0.1, 0.15) is 37.3 Å². The highest BCUT2D eigenvalue weighted by atomic mass is 35.5. The van der Waals surface area contributed by atoms with Crippen molar-refractivity contribution in [3.05, 3.63) is 28.3 Å². The molecule has 1 aromatic rings. The first-order valence-corrected chi connectivity index (χ1v) is 10.9. The standard InChI is InChI=1S/C21H32ClN5O2/c1-2-16-13-15(14-18(22)20(16)23)3-4-19(28)26-7-5-17(6-8-26)25-9-11-27(12-10-25)21(24)29/h13-14,17H,2-12,23H2,1H3,(H2,24,29). The normalized spacial score (nSPS) is 18.8. The van der Waals surface area contributed by atoms with Crippen molar-refractivity contribution in [2.45, 2.75) is 45.1 Å². The Hall–Kier alpha value is -1.99. The number of carbonyl (C=O) groups is 2. The molecule has 2 aliphatic heterocycles. The molecule has 0 aliphatic carbocycles. The lowest BCUT2D eigenvalue weighted by molar-refractivity contribution is -0.132. The Balaban J connectivity index is 1.45. The summed E-state index contributed by atoms with van der Waals surface area (Å²) in [7, 11) is 0. The Morgan fingerprint density at radius 3 is 2.31 bits per heavy atom. The van der Waals surface area contributed by atoms with Gasteiger partial charge < -0.3 is 21.3 Å². The number of hydrogen-bond acceptors (Lipinski definition) is 4. The molecule has 0 spiro atoms. The van der Waals surface area contributed by atoms with Crippen molar-refractivity contribution in [2.24, 2.45) is 5.73 Å². The zero-order valence-electron chi connectivity index (χ0n) is 17.2. The number of primary amides is 1. The number of carbonyl (C=O) groups excluding carboxylic acids is 2. The number of aryl methyl sites for hydroxylation is 2. The van der Waals surface area contributed by atoms with Crippen LogP contribution in [0.3, 0.4) is 0 Å². The van der Waals surface area contributed by atoms with Crippen molar-refractivity contribution in [1.29, 1.82) is 0 Å². The molecule has 0 unspecified atom stereocenters. The van der Waals surface area contributed by atoms with E-state index in [-0.39, 0.29) is 11.9 Å². The number of nitrogen functional groups attached to an aromatic ring is 1. The Morgan fingerprint density at radius 1 is 1.07 bits per heavy atom. The average molecular weight is 422 g/mol. The van der Waals surface area contributed by atoms with Crippen LogP contribution in [0.4, 0.5) is 10.5 Å². The molecular weight excluding hydrogens is 390 g/mol. The second-order valence-corrected chi connectivity index (χ2v) is 8.38. The van der Waals surface area contributed by atoms with Gasteiger partial charge in [0.05, 0.1) is 10.7 Å². The van der Waals surface area contributed by atoms with E-state index in [0.29, 0.717) is 42.7 Å². The topological polar surface area (TPSA) is 95.9 Å². The predicted molar refractivity (Wildman–Crippen MR) is 116 cm³/mol. The van der Waals surface area contributed by atoms with Crippen LogP contribution in [0.5, 0.6) is 0 Å². The first-order chi connectivity index (χ1) is 13.9. The fourth-order valence-electron chi connectivity index (χ4n) is 4.37. The average Bonchev–Trinajstić information content (AvgIpc) is 2.74. The van der Waals surface area contributed by atoms with E-state index in [1.54, 1.807) is 4.90 Å². The van der Waals surface area contributed by atoms with E-state index in [4.69, 9.17) is 23.1 Å². The zero-order chi connectivity index (χ0) is 21.0. The van der Waals surface area contributed by atoms with Gasteiger partial charge in [0.15, 0.2) is 0 Å². The molecule has 3 amide bonds. The maximum Gasteiger partial charge on any atom is 0.314 e. The number of nitrogens with zero attached hydrogens (tertiary/aromatic N) is 3. The Morgan fingerprint density at radius 2 is 1.72 bits per heavy atom. The molecule has 0 atom stereocenters. The van der Waals surface area contributed by atoms with Gasteiger partial charge >= 0.3 is 6.03 Å². The molecule has 2 aliphatic rings. The largest absolute Gasteiger partial charge is 0.397 e. The number of likely N-dealkylation sites (tertiary alicyclic amines) is 1. The number of piperidine rings is 1. The molecule has 0 radical (unpaired) electrons. The Labute approximate surface area is 177 Å². The van der Waals surface area contributed by atoms with Crippen LogP contribution in [0.2, 0.25) is 5.02 Å². The van der Waals surface area contributed by atoms with E-state index >= 15 is 0 Å². The number of halogens is 1. The van der Waals surface area contributed by atoms with E-state index in [1.165, 1.54) is 0 Å². The number of hydrogen-bond donors (Lipinski definition) is 2. The molecular formula is C21H32ClN5O2. The third-order valence-corrected chi connectivity index (χ3v) is 6.56. The van der Waals surface area contributed by atoms with Crippen molar-refractivity contribution in [3.8, 4) is 0 Å². The molecule has 7 nitrogen and oxygen atoms in total. The fourth-order valence-corrected chi connectivity index (χ4v) is 4.63. The van der Waals surface area contributed by atoms with Gasteiger partial charge in [-0.15, -0.1) is 0 Å². The summed E-state index contributed by atoms with van der Waals surface area (Å²) in [5, 5.41) is 0.573. The fraction of sp³-hybridized carbons (Fsp3) is 0.619. The predicted octanol–water partition coefficient (Wildman–Crippen LogP) is 2.10. The van der Waals surface area contributed by atoms with Crippen LogP contribution in [-0.4, -0.2) is 71.9 Å². The quantitative estimate of drug-likeness (QED) is 0.711. The van der Waals surface area contributed by atoms with Gasteiger partial charge in [-0.2, -0.15) is 0 Å². The molecule has 2 fully saturated rings. The van der Waals surface area contributed by atoms with Gasteiger partial charge in [0.1, 0.15) is 0 Å². The third kappa shape index (κ3) is 5.34. The van der Waals surface area contributed by atoms with Gasteiger partial charge in [-0.3, -0.25) is 9.69 Å². The summed E-state index contributed by atoms with van der Waals surface area (Å²) in [4.78, 5) is 30.1. The molecule has 4 N–H and O–H groups in total. The van der Waals surface area contributed by atoms with E-state index in [1.807, 2.05) is 11.0 Å². The number of benzene rings is 1. The Bertz CT molecular complexity index is 741. The maximum absolute atomic E-state index is 12.7. The van der Waals surface area contributed by atoms with E-state index in [2.05, 4.69) is 17.9 Å². The molecule has 1 aromatic carbocycles. The smallest absolute Gasteiger partial charge is 0.314 e. The first kappa shape index (κ1) is 21.7. The molecule has 2 saturated heterocycles. The summed E-state index contributed by atoms with van der Waals surface area (Å²) >= 11 is 6.22. The summed E-state index contributed by atoms with van der Waals surface area (Å²) in [6, 6.07) is 4.09. The minimum atomic E-state index is -0.335. The van der Waals surface area contributed by atoms with Crippen molar-refractivity contribution in [3.63, 3.8) is 0 Å². The molecule has 3 rings (SSSR count). The van der Waals surface area contributed by atoms with Crippen LogP contribution in [0, 0.1) is 0 Å². The number of anilines is 1. The van der Waals surface area contributed by atoms with Gasteiger partial charge in [0.2, 0.25) is 5.91 Å². The van der Waals surface area contributed by atoms with E-state index in [0.717, 1.165) is 56.6 Å². The van der Waals surface area contributed by atoms with E-state index < -0.39 is 0 Å². The van der Waals surface area contributed by atoms with Crippen LogP contribution >= 0.6 is 11.6 Å². The van der Waals surface area contributed by atoms with Crippen molar-refractivity contribution >= 4 is 29.2 Å². The lowest BCUT2D eigenvalue weighted by Gasteiger charge is -2.42. The highest BCUT2D eigenvalue weighted by Crippen LogP contribution is 2.26. The van der Waals surface area contributed by atoms with Gasteiger partial charge in [-0.1, -0.05) is 24.6 Å². The number of urea groups is 1. The zero-order valence-corrected chi connectivity index (χ0v) is 18.0. The van der Waals surface area contributed by atoms with Crippen LogP contribution in [0.15, 0.2) is 12.1 Å². The van der Waals surface area contributed by atoms with Crippen LogP contribution in [0.25, 0.3) is 0 Å². The molecule has 2 heterocycles. The minimum Gasteiger partial charge on any atom is -0.397 e. The molecule has 160 valence electrons. The highest BCUT2D eigenvalue weighted by Gasteiger charge is 2.29.